The molecular formula is C18H36N6O5S2. The Labute approximate surface area is 192 Å². The lowest BCUT2D eigenvalue weighted by atomic mass is 10.1. The van der Waals surface area contributed by atoms with Crippen molar-refractivity contribution in [3.63, 3.8) is 0 Å². The molecule has 11 nitrogen and oxygen atoms in total. The predicted molar refractivity (Wildman–Crippen MR) is 122 cm³/mol. The molecule has 0 fully saturated rings. The summed E-state index contributed by atoms with van der Waals surface area (Å²) in [5.41, 5.74) is 0.00628. The van der Waals surface area contributed by atoms with Crippen LogP contribution >= 0.6 is 23.5 Å². The van der Waals surface area contributed by atoms with Gasteiger partial charge in [0.15, 0.2) is 0 Å². The molecule has 0 amide bonds. The van der Waals surface area contributed by atoms with Gasteiger partial charge in [0.25, 0.3) is 0 Å². The molecule has 0 aliphatic heterocycles. The van der Waals surface area contributed by atoms with Crippen LogP contribution in [-0.2, 0) is 0 Å². The zero-order chi connectivity index (χ0) is 22.6. The Hall–Kier alpha value is -1.48. The summed E-state index contributed by atoms with van der Waals surface area (Å²) in [6.07, 6.45) is 2.00. The molecule has 0 radical (unpaired) electrons. The van der Waals surface area contributed by atoms with Crippen molar-refractivity contribution in [2.75, 3.05) is 26.3 Å². The summed E-state index contributed by atoms with van der Waals surface area (Å²) in [5.74, 6) is 0.935. The molecule has 0 saturated heterocycles. The first kappa shape index (κ1) is 29.5. The van der Waals surface area contributed by atoms with E-state index >= 15 is 0 Å². The maximum atomic E-state index is 9.58. The van der Waals surface area contributed by atoms with Gasteiger partial charge in [-0.2, -0.15) is 8.75 Å². The van der Waals surface area contributed by atoms with E-state index in [1.165, 1.54) is 12.4 Å². The van der Waals surface area contributed by atoms with Crippen LogP contribution in [0.4, 0.5) is 0 Å². The first-order valence-electron chi connectivity index (χ1n) is 9.61. The maximum Gasteiger partial charge on any atom is 0.245 e. The quantitative estimate of drug-likeness (QED) is 0.376. The number of aliphatic hydroxyl groups is 2. The zero-order valence-corrected chi connectivity index (χ0v) is 20.6. The van der Waals surface area contributed by atoms with Gasteiger partial charge >= 0.3 is 0 Å². The van der Waals surface area contributed by atoms with Gasteiger partial charge in [-0.3, -0.25) is 0 Å². The molecule has 0 aliphatic rings. The molecule has 13 heteroatoms. The van der Waals surface area contributed by atoms with Crippen molar-refractivity contribution in [3.8, 4) is 11.8 Å². The summed E-state index contributed by atoms with van der Waals surface area (Å²) >= 11 is 2.17. The van der Waals surface area contributed by atoms with E-state index < -0.39 is 12.2 Å². The Morgan fingerprint density at radius 1 is 0.806 bits per heavy atom. The highest BCUT2D eigenvalue weighted by atomic mass is 32.1. The summed E-state index contributed by atoms with van der Waals surface area (Å²) < 4.78 is 25.8. The van der Waals surface area contributed by atoms with E-state index in [2.05, 4.69) is 28.1 Å². The second-order valence-electron chi connectivity index (χ2n) is 8.68. The largest absolute Gasteiger partial charge is 0.473 e. The van der Waals surface area contributed by atoms with Gasteiger partial charge in [0, 0.05) is 24.2 Å². The normalized spacial score (nSPS) is 13.4. The van der Waals surface area contributed by atoms with Crippen molar-refractivity contribution in [1.82, 2.24) is 28.1 Å². The topological polar surface area (TPSA) is 166 Å². The van der Waals surface area contributed by atoms with Gasteiger partial charge in [0.1, 0.15) is 37.8 Å². The highest BCUT2D eigenvalue weighted by molar-refractivity contribution is 6.99. The van der Waals surface area contributed by atoms with E-state index in [4.69, 9.17) is 9.47 Å². The van der Waals surface area contributed by atoms with Crippen LogP contribution in [0.3, 0.4) is 0 Å². The number of hydrogen-bond acceptors (Lipinski definition) is 12. The maximum absolute atomic E-state index is 9.58. The lowest BCUT2D eigenvalue weighted by Crippen LogP contribution is -2.42. The molecule has 0 saturated carbocycles. The molecule has 2 rings (SSSR count). The first-order valence-corrected chi connectivity index (χ1v) is 11.1. The van der Waals surface area contributed by atoms with E-state index in [9.17, 15) is 10.2 Å². The molecule has 0 aliphatic carbocycles. The van der Waals surface area contributed by atoms with Crippen molar-refractivity contribution in [2.45, 2.75) is 64.8 Å². The van der Waals surface area contributed by atoms with Gasteiger partial charge in [0.2, 0.25) is 11.8 Å². The minimum absolute atomic E-state index is 0. The molecule has 2 atom stereocenters. The Morgan fingerprint density at radius 3 is 1.42 bits per heavy atom. The molecule has 2 aromatic rings. The van der Waals surface area contributed by atoms with Gasteiger partial charge in [-0.05, 0) is 41.5 Å². The van der Waals surface area contributed by atoms with Crippen LogP contribution in [0.2, 0.25) is 0 Å². The summed E-state index contributed by atoms with van der Waals surface area (Å²) in [4.78, 5) is 0. The predicted octanol–water partition coefficient (Wildman–Crippen LogP) is 0.507. The molecule has 0 bridgehead atoms. The van der Waals surface area contributed by atoms with Gasteiger partial charge in [-0.25, -0.2) is 0 Å². The zero-order valence-electron chi connectivity index (χ0n) is 19.0. The van der Waals surface area contributed by atoms with Crippen molar-refractivity contribution in [1.29, 1.82) is 0 Å². The van der Waals surface area contributed by atoms with Gasteiger partial charge < -0.3 is 35.8 Å². The van der Waals surface area contributed by atoms with Crippen molar-refractivity contribution >= 4 is 23.5 Å². The molecule has 2 unspecified atom stereocenters. The van der Waals surface area contributed by atoms with Crippen LogP contribution in [0, 0.1) is 0 Å². The molecule has 2 heterocycles. The molecule has 6 N–H and O–H groups in total. The highest BCUT2D eigenvalue weighted by Gasteiger charge is 2.13. The molecule has 180 valence electrons. The number of hydrogen-bond donors (Lipinski definition) is 4. The Bertz CT molecular complexity index is 604. The summed E-state index contributed by atoms with van der Waals surface area (Å²) in [6, 6.07) is 0. The van der Waals surface area contributed by atoms with Crippen LogP contribution in [0.15, 0.2) is 12.4 Å². The fourth-order valence-electron chi connectivity index (χ4n) is 1.77. The van der Waals surface area contributed by atoms with Crippen molar-refractivity contribution in [3.05, 3.63) is 12.4 Å². The third-order valence-corrected chi connectivity index (χ3v) is 4.19. The number of ether oxygens (including phenoxy) is 2. The summed E-state index contributed by atoms with van der Waals surface area (Å²) in [7, 11) is 0. The Kier molecular flexibility index (Phi) is 13.9. The minimum Gasteiger partial charge on any atom is -0.473 e. The molecular weight excluding hydrogens is 444 g/mol. The smallest absolute Gasteiger partial charge is 0.245 e. The molecule has 31 heavy (non-hydrogen) atoms. The molecule has 0 spiro atoms. The van der Waals surface area contributed by atoms with Gasteiger partial charge in [-0.1, -0.05) is 0 Å². The second-order valence-corrected chi connectivity index (χ2v) is 9.80. The van der Waals surface area contributed by atoms with Crippen molar-refractivity contribution in [2.24, 2.45) is 0 Å². The van der Waals surface area contributed by atoms with Crippen LogP contribution in [0.25, 0.3) is 0 Å². The van der Waals surface area contributed by atoms with Crippen LogP contribution in [0.1, 0.15) is 41.5 Å². The van der Waals surface area contributed by atoms with E-state index in [1.807, 2.05) is 41.5 Å². The molecule has 0 aromatic carbocycles. The lowest BCUT2D eigenvalue weighted by molar-refractivity contribution is 0.0981. The SMILES string of the molecule is CC(C)(C)NCC(O)COc1cnsn1.CC(C)(C)NCC(O)COc1cnsn1.O. The van der Waals surface area contributed by atoms with Crippen LogP contribution < -0.4 is 20.1 Å². The number of aromatic nitrogens is 4. The third kappa shape index (κ3) is 16.8. The van der Waals surface area contributed by atoms with E-state index in [1.54, 1.807) is 0 Å². The van der Waals surface area contributed by atoms with Gasteiger partial charge in [0.05, 0.1) is 23.5 Å². The average molecular weight is 481 g/mol. The van der Waals surface area contributed by atoms with E-state index in [-0.39, 0.29) is 29.8 Å². The first-order chi connectivity index (χ1) is 13.9. The number of nitrogens with one attached hydrogen (secondary N) is 2. The van der Waals surface area contributed by atoms with Crippen LogP contribution in [-0.4, -0.2) is 82.8 Å². The standard InChI is InChI=1S/2C9H17N3O2S.H2O/c2*1-9(2,3)10-4-7(13)6-14-8-5-11-15-12-8;/h2*5,7,10,13H,4,6H2,1-3H3;1H2. The number of β-amino-alcohol motifs (C(OH)–C–C–N with tert-alkyl or cyclic N) is 2. The second kappa shape index (κ2) is 14.6. The highest BCUT2D eigenvalue weighted by Crippen LogP contribution is 2.06. The Balaban J connectivity index is 0.000000562. The lowest BCUT2D eigenvalue weighted by Gasteiger charge is -2.22. The number of nitrogens with zero attached hydrogens (tertiary/aromatic N) is 4. The monoisotopic (exact) mass is 480 g/mol. The van der Waals surface area contributed by atoms with Crippen LogP contribution in [0.5, 0.6) is 11.8 Å². The van der Waals surface area contributed by atoms with E-state index in [0.29, 0.717) is 24.8 Å². The van der Waals surface area contributed by atoms with Gasteiger partial charge in [-0.15, -0.1) is 8.75 Å². The molecule has 2 aromatic heterocycles. The summed E-state index contributed by atoms with van der Waals surface area (Å²) in [5, 5.41) is 25.5. The third-order valence-electron chi connectivity index (χ3n) is 3.27. The number of rotatable bonds is 10. The van der Waals surface area contributed by atoms with E-state index in [0.717, 1.165) is 23.5 Å². The number of aliphatic hydroxyl groups excluding tert-OH is 2. The Morgan fingerprint density at radius 2 is 1.16 bits per heavy atom. The fraction of sp³-hybridized carbons (Fsp3) is 0.778. The fourth-order valence-corrected chi connectivity index (χ4v) is 2.50. The minimum atomic E-state index is -0.536. The average Bonchev–Trinajstić information content (AvgIpc) is 3.34. The summed E-state index contributed by atoms with van der Waals surface area (Å²) in [6.45, 7) is 13.7. The van der Waals surface area contributed by atoms with Crippen molar-refractivity contribution < 1.29 is 25.2 Å².